The maximum Gasteiger partial charge on any atom is 0.471 e. The number of amides is 2. The minimum Gasteiger partial charge on any atom is -0.776 e. The van der Waals surface area contributed by atoms with Crippen molar-refractivity contribution in [1.82, 2.24) is 15.3 Å². The van der Waals surface area contributed by atoms with Crippen molar-refractivity contribution in [3.63, 3.8) is 0 Å². The van der Waals surface area contributed by atoms with Crippen molar-refractivity contribution < 1.29 is 45.4 Å². The number of hydrogen-bond acceptors (Lipinski definition) is 4. The standard InChI is InChI=1S/C10H15ClF6N3O4P/c11-25(23,24)20(5-1-3-18-7(21)9(12,13)14)6-2-4-19-8(22)10(15,16)17/h1-6H2,(H,18,21)(H,19,22)(H,23,24)/p-1. The molecule has 0 rings (SSSR count). The molecule has 0 aromatic carbocycles. The number of hydrogen-bond donors (Lipinski definition) is 2. The van der Waals surface area contributed by atoms with E-state index in [1.54, 1.807) is 0 Å². The SMILES string of the molecule is O=C(NCCCN(CCCNC(=O)C(F)(F)F)P(=O)([O-])Cl)C(F)(F)F. The van der Waals surface area contributed by atoms with Gasteiger partial charge in [0.1, 0.15) is 0 Å². The summed E-state index contributed by atoms with van der Waals surface area (Å²) >= 11 is 5.12. The third-order valence-corrected chi connectivity index (χ3v) is 4.33. The highest BCUT2D eigenvalue weighted by molar-refractivity contribution is 7.81. The summed E-state index contributed by atoms with van der Waals surface area (Å²) < 4.78 is 83.5. The molecule has 0 spiro atoms. The van der Waals surface area contributed by atoms with Gasteiger partial charge in [0.05, 0.1) is 0 Å². The lowest BCUT2D eigenvalue weighted by atomic mass is 10.3. The van der Waals surface area contributed by atoms with E-state index in [2.05, 4.69) is 0 Å². The van der Waals surface area contributed by atoms with E-state index in [1.807, 2.05) is 0 Å². The molecule has 7 nitrogen and oxygen atoms in total. The number of nitrogens with one attached hydrogen (secondary N) is 2. The van der Waals surface area contributed by atoms with E-state index >= 15 is 0 Å². The molecule has 148 valence electrons. The van der Waals surface area contributed by atoms with Gasteiger partial charge in [0.2, 0.25) is 0 Å². The van der Waals surface area contributed by atoms with Crippen molar-refractivity contribution in [3.05, 3.63) is 0 Å². The van der Waals surface area contributed by atoms with E-state index in [0.29, 0.717) is 4.67 Å². The van der Waals surface area contributed by atoms with Crippen LogP contribution in [0.25, 0.3) is 0 Å². The molecule has 0 aliphatic rings. The molecule has 1 atom stereocenters. The Bertz CT molecular complexity index is 476. The summed E-state index contributed by atoms with van der Waals surface area (Å²) in [6.07, 6.45) is -10.6. The van der Waals surface area contributed by atoms with Gasteiger partial charge in [0.15, 0.2) is 6.87 Å². The van der Waals surface area contributed by atoms with Gasteiger partial charge < -0.3 is 20.1 Å². The van der Waals surface area contributed by atoms with Crippen molar-refractivity contribution >= 4 is 29.9 Å². The Kier molecular flexibility index (Phi) is 9.20. The molecule has 0 aliphatic heterocycles. The summed E-state index contributed by atoms with van der Waals surface area (Å²) in [5.41, 5.74) is 0. The predicted octanol–water partition coefficient (Wildman–Crippen LogP) is 1.13. The van der Waals surface area contributed by atoms with Gasteiger partial charge in [-0.25, -0.2) is 0 Å². The van der Waals surface area contributed by atoms with E-state index in [4.69, 9.17) is 11.2 Å². The Hall–Kier alpha value is -1.04. The van der Waals surface area contributed by atoms with Crippen LogP contribution in [-0.2, 0) is 14.2 Å². The smallest absolute Gasteiger partial charge is 0.471 e. The highest BCUT2D eigenvalue weighted by atomic mass is 35.7. The second kappa shape index (κ2) is 9.60. The Morgan fingerprint density at radius 2 is 1.24 bits per heavy atom. The van der Waals surface area contributed by atoms with Crippen LogP contribution < -0.4 is 15.5 Å². The topological polar surface area (TPSA) is 102 Å². The van der Waals surface area contributed by atoms with Crippen LogP contribution in [0.15, 0.2) is 0 Å². The monoisotopic (exact) mass is 420 g/mol. The molecular formula is C10H14ClF6N3O4P-. The fraction of sp³-hybridized carbons (Fsp3) is 0.800. The van der Waals surface area contributed by atoms with Gasteiger partial charge in [-0.1, -0.05) is 11.2 Å². The van der Waals surface area contributed by atoms with Crippen LogP contribution >= 0.6 is 18.1 Å². The van der Waals surface area contributed by atoms with Gasteiger partial charge in [0.25, 0.3) is 0 Å². The second-order valence-corrected chi connectivity index (χ2v) is 7.37. The summed E-state index contributed by atoms with van der Waals surface area (Å²) in [6.45, 7) is -6.29. The largest absolute Gasteiger partial charge is 0.776 e. The van der Waals surface area contributed by atoms with Crippen LogP contribution in [0.3, 0.4) is 0 Å². The fourth-order valence-corrected chi connectivity index (χ4v) is 2.69. The quantitative estimate of drug-likeness (QED) is 0.331. The Labute approximate surface area is 143 Å². The lowest BCUT2D eigenvalue weighted by Crippen LogP contribution is -2.39. The van der Waals surface area contributed by atoms with Crippen LogP contribution in [-0.4, -0.2) is 55.0 Å². The summed E-state index contributed by atoms with van der Waals surface area (Å²) in [7, 11) is 0. The number of nitrogens with zero attached hydrogens (tertiary/aromatic N) is 1. The molecule has 0 saturated heterocycles. The molecule has 0 heterocycles. The lowest BCUT2D eigenvalue weighted by molar-refractivity contribution is -0.180. The summed E-state index contributed by atoms with van der Waals surface area (Å²) in [6, 6.07) is 0. The molecule has 0 aromatic heterocycles. The first-order valence-electron chi connectivity index (χ1n) is 6.62. The van der Waals surface area contributed by atoms with Crippen molar-refractivity contribution in [1.29, 1.82) is 0 Å². The minimum atomic E-state index is -5.07. The van der Waals surface area contributed by atoms with E-state index in [9.17, 15) is 45.4 Å². The zero-order valence-corrected chi connectivity index (χ0v) is 14.1. The van der Waals surface area contributed by atoms with Crippen molar-refractivity contribution in [2.24, 2.45) is 0 Å². The van der Waals surface area contributed by atoms with Crippen LogP contribution in [0.5, 0.6) is 0 Å². The molecule has 25 heavy (non-hydrogen) atoms. The Balaban J connectivity index is 4.26. The average molecular weight is 421 g/mol. The molecule has 0 aromatic rings. The number of carbonyl (C=O) groups excluding carboxylic acids is 2. The summed E-state index contributed by atoms with van der Waals surface area (Å²) in [4.78, 5) is 32.4. The van der Waals surface area contributed by atoms with Gasteiger partial charge in [-0.05, 0) is 12.8 Å². The Morgan fingerprint density at radius 1 is 0.920 bits per heavy atom. The second-order valence-electron chi connectivity index (χ2n) is 4.62. The molecule has 1 unspecified atom stereocenters. The van der Waals surface area contributed by atoms with Crippen LogP contribution in [0.2, 0.25) is 0 Å². The third-order valence-electron chi connectivity index (χ3n) is 2.61. The van der Waals surface area contributed by atoms with Gasteiger partial charge in [-0.2, -0.15) is 26.3 Å². The normalized spacial score (nSPS) is 14.9. The zero-order valence-electron chi connectivity index (χ0n) is 12.4. The van der Waals surface area contributed by atoms with Crippen LogP contribution in [0.4, 0.5) is 26.3 Å². The van der Waals surface area contributed by atoms with Gasteiger partial charge in [-0.15, -0.1) is 0 Å². The van der Waals surface area contributed by atoms with E-state index in [1.165, 1.54) is 10.6 Å². The first kappa shape index (κ1) is 24.0. The first-order chi connectivity index (χ1) is 11.2. The highest BCUT2D eigenvalue weighted by Gasteiger charge is 2.38. The van der Waals surface area contributed by atoms with Gasteiger partial charge >= 0.3 is 24.2 Å². The van der Waals surface area contributed by atoms with E-state index in [0.717, 1.165) is 0 Å². The summed E-state index contributed by atoms with van der Waals surface area (Å²) in [5, 5.41) is 3.04. The number of alkyl halides is 6. The molecule has 0 bridgehead atoms. The Morgan fingerprint density at radius 3 is 1.48 bits per heavy atom. The van der Waals surface area contributed by atoms with Crippen LogP contribution in [0.1, 0.15) is 12.8 Å². The number of carbonyl (C=O) groups is 2. The molecule has 2 amide bonds. The van der Waals surface area contributed by atoms with Gasteiger partial charge in [0, 0.05) is 26.2 Å². The maximum atomic E-state index is 11.9. The van der Waals surface area contributed by atoms with Gasteiger partial charge in [-0.3, -0.25) is 14.3 Å². The molecular weight excluding hydrogens is 407 g/mol. The molecule has 2 N–H and O–H groups in total. The molecule has 0 aliphatic carbocycles. The molecule has 0 radical (unpaired) electrons. The highest BCUT2D eigenvalue weighted by Crippen LogP contribution is 2.45. The fourth-order valence-electron chi connectivity index (χ4n) is 1.48. The average Bonchev–Trinajstić information content (AvgIpc) is 2.41. The van der Waals surface area contributed by atoms with E-state index in [-0.39, 0.29) is 25.9 Å². The van der Waals surface area contributed by atoms with Crippen LogP contribution in [0, 0.1) is 0 Å². The molecule has 0 saturated carbocycles. The number of rotatable bonds is 9. The maximum absolute atomic E-state index is 11.9. The minimum absolute atomic E-state index is 0.213. The van der Waals surface area contributed by atoms with E-state index < -0.39 is 44.1 Å². The van der Waals surface area contributed by atoms with Crippen molar-refractivity contribution in [2.45, 2.75) is 25.2 Å². The molecule has 15 heteroatoms. The predicted molar refractivity (Wildman–Crippen MR) is 72.4 cm³/mol. The zero-order chi connectivity index (χ0) is 19.9. The summed E-state index contributed by atoms with van der Waals surface area (Å²) in [5.74, 6) is -4.38. The lowest BCUT2D eigenvalue weighted by Gasteiger charge is -2.31. The number of halogens is 7. The van der Waals surface area contributed by atoms with Crippen molar-refractivity contribution in [3.8, 4) is 0 Å². The third kappa shape index (κ3) is 10.5. The first-order valence-corrected chi connectivity index (χ1v) is 9.10. The molecule has 0 fully saturated rings. The van der Waals surface area contributed by atoms with Crippen molar-refractivity contribution in [2.75, 3.05) is 26.2 Å².